The van der Waals surface area contributed by atoms with E-state index in [1.165, 1.54) is 18.2 Å². The normalized spacial score (nSPS) is 10.4. The fraction of sp³-hybridized carbons (Fsp3) is 0.152. The van der Waals surface area contributed by atoms with Gasteiger partial charge in [-0.3, -0.25) is 19.7 Å². The Labute approximate surface area is 263 Å². The van der Waals surface area contributed by atoms with E-state index in [4.69, 9.17) is 9.47 Å². The van der Waals surface area contributed by atoms with Gasteiger partial charge in [-0.05, 0) is 82.1 Å². The molecule has 0 fully saturated rings. The maximum absolute atomic E-state index is 13.3. The molecule has 0 bridgehead atoms. The quantitative estimate of drug-likeness (QED) is 0.0431. The predicted octanol–water partition coefficient (Wildman–Crippen LogP) is 6.19. The average molecular weight is 692 g/mol. The number of rotatable bonds is 13. The highest BCUT2D eigenvalue weighted by Crippen LogP contribution is 2.35. The number of non-ortho nitro benzene ring substituents is 1. The molecule has 0 heterocycles. The number of halogens is 1. The lowest BCUT2D eigenvalue weighted by atomic mass is 10.1. The van der Waals surface area contributed by atoms with Gasteiger partial charge in [0.2, 0.25) is 0 Å². The smallest absolute Gasteiger partial charge is 0.269 e. The summed E-state index contributed by atoms with van der Waals surface area (Å²) >= 11 is 2.11. The van der Waals surface area contributed by atoms with Crippen LogP contribution in [-0.4, -0.2) is 23.3 Å². The minimum atomic E-state index is -0.513. The van der Waals surface area contributed by atoms with E-state index < -0.39 is 16.7 Å². The van der Waals surface area contributed by atoms with Gasteiger partial charge in [-0.2, -0.15) is 0 Å². The van der Waals surface area contributed by atoms with E-state index in [0.717, 1.165) is 16.7 Å². The zero-order chi connectivity index (χ0) is 30.6. The zero-order valence-corrected chi connectivity index (χ0v) is 25.6. The fourth-order valence-corrected chi connectivity index (χ4v) is 4.87. The second-order valence-electron chi connectivity index (χ2n) is 9.37. The Morgan fingerprint density at radius 3 is 1.88 bits per heavy atom. The van der Waals surface area contributed by atoms with Crippen molar-refractivity contribution in [3.63, 3.8) is 0 Å². The Kier molecular flexibility index (Phi) is 11.3. The molecule has 4 aromatic rings. The van der Waals surface area contributed by atoms with Gasteiger partial charge in [-0.15, -0.1) is 0 Å². The highest BCUT2D eigenvalue weighted by molar-refractivity contribution is 14.1. The topological polar surface area (TPSA) is 120 Å². The van der Waals surface area contributed by atoms with Crippen LogP contribution in [0.2, 0.25) is 0 Å². The predicted molar refractivity (Wildman–Crippen MR) is 172 cm³/mol. The monoisotopic (exact) mass is 691 g/mol. The van der Waals surface area contributed by atoms with Crippen LogP contribution in [0.3, 0.4) is 0 Å². The zero-order valence-electron chi connectivity index (χ0n) is 23.4. The number of nitrogens with zero attached hydrogens (tertiary/aromatic N) is 1. The molecule has 0 aromatic heterocycles. The van der Waals surface area contributed by atoms with Crippen molar-refractivity contribution >= 4 is 46.2 Å². The van der Waals surface area contributed by atoms with Crippen LogP contribution in [-0.2, 0) is 29.3 Å². The molecule has 4 rings (SSSR count). The van der Waals surface area contributed by atoms with E-state index in [2.05, 4.69) is 33.2 Å². The molecular weight excluding hydrogens is 661 g/mol. The second kappa shape index (κ2) is 15.5. The summed E-state index contributed by atoms with van der Waals surface area (Å²) in [6.45, 7) is 2.90. The van der Waals surface area contributed by atoms with Crippen LogP contribution >= 0.6 is 22.6 Å². The van der Waals surface area contributed by atoms with Gasteiger partial charge in [0, 0.05) is 25.2 Å². The lowest BCUT2D eigenvalue weighted by molar-refractivity contribution is -0.384. The Balaban J connectivity index is 1.59. The fourth-order valence-electron chi connectivity index (χ4n) is 4.09. The minimum absolute atomic E-state index is 0.000825. The van der Waals surface area contributed by atoms with Crippen molar-refractivity contribution in [3.8, 4) is 11.5 Å². The lowest BCUT2D eigenvalue weighted by Gasteiger charge is -2.15. The number of amides is 2. The minimum Gasteiger partial charge on any atom is -0.490 e. The van der Waals surface area contributed by atoms with Gasteiger partial charge < -0.3 is 20.1 Å². The number of nitrogens with one attached hydrogen (secondary N) is 2. The second-order valence-corrected chi connectivity index (χ2v) is 10.5. The number of hydrogen-bond acceptors (Lipinski definition) is 6. The molecule has 10 heteroatoms. The molecule has 0 atom stereocenters. The highest BCUT2D eigenvalue weighted by atomic mass is 127. The summed E-state index contributed by atoms with van der Waals surface area (Å²) < 4.78 is 12.6. The van der Waals surface area contributed by atoms with Crippen molar-refractivity contribution in [2.45, 2.75) is 26.6 Å². The average Bonchev–Trinajstić information content (AvgIpc) is 3.02. The molecule has 43 heavy (non-hydrogen) atoms. The Hall–Kier alpha value is -4.71. The van der Waals surface area contributed by atoms with E-state index in [1.54, 1.807) is 24.3 Å². The number of nitro groups is 1. The molecule has 0 saturated carbocycles. The third-order valence-electron chi connectivity index (χ3n) is 6.25. The van der Waals surface area contributed by atoms with Crippen molar-refractivity contribution < 1.29 is 24.0 Å². The van der Waals surface area contributed by atoms with Crippen molar-refractivity contribution in [2.75, 3.05) is 6.61 Å². The van der Waals surface area contributed by atoms with Gasteiger partial charge in [-0.25, -0.2) is 0 Å². The maximum atomic E-state index is 13.3. The number of benzene rings is 4. The van der Waals surface area contributed by atoms with Crippen LogP contribution in [0.1, 0.15) is 29.2 Å². The SMILES string of the molecule is CCOc1cc(C=C(C(=O)NCc2ccccc2)C(=O)NCc2ccccc2)cc(I)c1OCc1ccc([N+](=O)[O-])cc1. The molecule has 0 radical (unpaired) electrons. The standard InChI is InChI=1S/C33H30IN3O6/c1-2-42-30-19-26(18-29(34)31(30)43-22-25-13-15-27(16-14-25)37(40)41)17-28(32(38)35-20-23-9-5-3-6-10-23)33(39)36-21-24-11-7-4-8-12-24/h3-19H,2,20-22H2,1H3,(H,35,38)(H,36,39). The Morgan fingerprint density at radius 2 is 1.37 bits per heavy atom. The van der Waals surface area contributed by atoms with Gasteiger partial charge in [0.05, 0.1) is 15.1 Å². The summed E-state index contributed by atoms with van der Waals surface area (Å²) in [7, 11) is 0. The van der Waals surface area contributed by atoms with Gasteiger partial charge in [0.25, 0.3) is 17.5 Å². The maximum Gasteiger partial charge on any atom is 0.269 e. The first kappa shape index (κ1) is 31.2. The molecule has 0 aliphatic heterocycles. The van der Waals surface area contributed by atoms with Crippen LogP contribution in [0.15, 0.2) is 103 Å². The van der Waals surface area contributed by atoms with Gasteiger partial charge in [-0.1, -0.05) is 60.7 Å². The van der Waals surface area contributed by atoms with Crippen LogP contribution in [0, 0.1) is 13.7 Å². The number of carbonyl (C=O) groups excluding carboxylic acids is 2. The van der Waals surface area contributed by atoms with E-state index >= 15 is 0 Å². The molecule has 0 saturated heterocycles. The molecule has 9 nitrogen and oxygen atoms in total. The number of carbonyl (C=O) groups is 2. The third-order valence-corrected chi connectivity index (χ3v) is 7.06. The number of hydrogen-bond donors (Lipinski definition) is 2. The molecule has 2 amide bonds. The summed E-state index contributed by atoms with van der Waals surface area (Å²) in [6.07, 6.45) is 1.53. The Morgan fingerprint density at radius 1 is 0.814 bits per heavy atom. The van der Waals surface area contributed by atoms with Crippen molar-refractivity contribution in [3.05, 3.63) is 139 Å². The van der Waals surface area contributed by atoms with Crippen LogP contribution < -0.4 is 20.1 Å². The van der Waals surface area contributed by atoms with Gasteiger partial charge in [0.1, 0.15) is 12.2 Å². The molecule has 0 aliphatic carbocycles. The molecule has 4 aromatic carbocycles. The van der Waals surface area contributed by atoms with Crippen molar-refractivity contribution in [2.24, 2.45) is 0 Å². The molecule has 0 spiro atoms. The van der Waals surface area contributed by atoms with Crippen molar-refractivity contribution in [1.82, 2.24) is 10.6 Å². The summed E-state index contributed by atoms with van der Waals surface area (Å²) in [5.41, 5.74) is 3.09. The molecular formula is C33H30IN3O6. The van der Waals surface area contributed by atoms with E-state index in [1.807, 2.05) is 67.6 Å². The summed E-state index contributed by atoms with van der Waals surface area (Å²) in [5.74, 6) is -0.0976. The number of ether oxygens (including phenoxy) is 2. The summed E-state index contributed by atoms with van der Waals surface area (Å²) in [5, 5.41) is 16.6. The molecule has 2 N–H and O–H groups in total. The van der Waals surface area contributed by atoms with E-state index in [9.17, 15) is 19.7 Å². The molecule has 0 aliphatic rings. The highest BCUT2D eigenvalue weighted by Gasteiger charge is 2.20. The first-order chi connectivity index (χ1) is 20.8. The molecule has 220 valence electrons. The van der Waals surface area contributed by atoms with E-state index in [-0.39, 0.29) is 31.0 Å². The first-order valence-electron chi connectivity index (χ1n) is 13.5. The van der Waals surface area contributed by atoms with Gasteiger partial charge >= 0.3 is 0 Å². The summed E-state index contributed by atoms with van der Waals surface area (Å²) in [6, 6.07) is 28.5. The van der Waals surface area contributed by atoms with Gasteiger partial charge in [0.15, 0.2) is 11.5 Å². The largest absolute Gasteiger partial charge is 0.490 e. The first-order valence-corrected chi connectivity index (χ1v) is 14.6. The summed E-state index contributed by atoms with van der Waals surface area (Å²) in [4.78, 5) is 37.1. The van der Waals surface area contributed by atoms with Crippen LogP contribution in [0.4, 0.5) is 5.69 Å². The van der Waals surface area contributed by atoms with Crippen LogP contribution in [0.5, 0.6) is 11.5 Å². The third kappa shape index (κ3) is 9.14. The Bertz CT molecular complexity index is 1540. The molecule has 0 unspecified atom stereocenters. The van der Waals surface area contributed by atoms with Crippen molar-refractivity contribution in [1.29, 1.82) is 0 Å². The number of nitro benzene ring substituents is 1. The van der Waals surface area contributed by atoms with Crippen LogP contribution in [0.25, 0.3) is 6.08 Å². The van der Waals surface area contributed by atoms with E-state index in [0.29, 0.717) is 27.2 Å². The lowest BCUT2D eigenvalue weighted by Crippen LogP contribution is -2.34.